The second-order valence-corrected chi connectivity index (χ2v) is 6.23. The van der Waals surface area contributed by atoms with Gasteiger partial charge in [0, 0.05) is 19.1 Å². The molecule has 2 atom stereocenters. The third-order valence-corrected chi connectivity index (χ3v) is 4.47. The van der Waals surface area contributed by atoms with E-state index in [0.717, 1.165) is 31.8 Å². The minimum Gasteiger partial charge on any atom is -0.373 e. The number of rotatable bonds is 4. The Morgan fingerprint density at radius 2 is 2.08 bits per heavy atom. The lowest BCUT2D eigenvalue weighted by Gasteiger charge is -2.32. The lowest BCUT2D eigenvalue weighted by Crippen LogP contribution is -2.28. The van der Waals surface area contributed by atoms with Crippen molar-refractivity contribution < 1.29 is 4.74 Å². The van der Waals surface area contributed by atoms with Gasteiger partial charge in [0.1, 0.15) is 5.82 Å². The minimum absolute atomic E-state index is 0.128. The molecule has 0 amide bonds. The summed E-state index contributed by atoms with van der Waals surface area (Å²) in [7, 11) is 0. The Bertz CT molecular complexity index is 815. The number of nitrogens with zero attached hydrogens (tertiary/aromatic N) is 5. The van der Waals surface area contributed by atoms with Gasteiger partial charge >= 0.3 is 0 Å². The molecule has 7 heteroatoms. The predicted molar refractivity (Wildman–Crippen MR) is 89.7 cm³/mol. The van der Waals surface area contributed by atoms with Crippen LogP contribution in [0.25, 0.3) is 5.65 Å². The van der Waals surface area contributed by atoms with E-state index < -0.39 is 0 Å². The van der Waals surface area contributed by atoms with Crippen molar-refractivity contribution in [1.82, 2.24) is 25.3 Å². The molecule has 1 aliphatic heterocycles. The number of anilines is 1. The van der Waals surface area contributed by atoms with Gasteiger partial charge in [0.05, 0.1) is 6.10 Å². The Morgan fingerprint density at radius 1 is 1.21 bits per heavy atom. The summed E-state index contributed by atoms with van der Waals surface area (Å²) in [6.45, 7) is 3.73. The monoisotopic (exact) mass is 324 g/mol. The van der Waals surface area contributed by atoms with Crippen molar-refractivity contribution in [3.05, 3.63) is 47.5 Å². The maximum atomic E-state index is 6.06. The molecule has 0 saturated carbocycles. The van der Waals surface area contributed by atoms with E-state index in [0.29, 0.717) is 11.6 Å². The van der Waals surface area contributed by atoms with Gasteiger partial charge in [0.25, 0.3) is 0 Å². The SMILES string of the molecule is Cc1ccc([C@@H]2OCCC[C@H]2CNc2ccc3nnnn3n2)cc1. The number of fused-ring (bicyclic) bond motifs is 1. The highest BCUT2D eigenvalue weighted by Gasteiger charge is 2.27. The maximum Gasteiger partial charge on any atom is 0.200 e. The van der Waals surface area contributed by atoms with Crippen LogP contribution in [-0.4, -0.2) is 38.4 Å². The maximum absolute atomic E-state index is 6.06. The number of benzene rings is 1. The lowest BCUT2D eigenvalue weighted by molar-refractivity contribution is -0.0238. The first-order valence-corrected chi connectivity index (χ1v) is 8.27. The van der Waals surface area contributed by atoms with Gasteiger partial charge < -0.3 is 10.1 Å². The van der Waals surface area contributed by atoms with Crippen molar-refractivity contribution in [2.75, 3.05) is 18.5 Å². The van der Waals surface area contributed by atoms with E-state index in [1.807, 2.05) is 12.1 Å². The van der Waals surface area contributed by atoms with E-state index in [9.17, 15) is 0 Å². The van der Waals surface area contributed by atoms with Gasteiger partial charge in [-0.05, 0) is 47.9 Å². The number of ether oxygens (including phenoxy) is 1. The highest BCUT2D eigenvalue weighted by atomic mass is 16.5. The second-order valence-electron chi connectivity index (χ2n) is 6.23. The number of nitrogens with one attached hydrogen (secondary N) is 1. The Morgan fingerprint density at radius 3 is 2.96 bits per heavy atom. The first kappa shape index (κ1) is 15.0. The Balaban J connectivity index is 1.47. The smallest absolute Gasteiger partial charge is 0.200 e. The summed E-state index contributed by atoms with van der Waals surface area (Å²) in [5.74, 6) is 1.18. The minimum atomic E-state index is 0.128. The first-order chi connectivity index (χ1) is 11.8. The third kappa shape index (κ3) is 3.07. The molecule has 0 unspecified atom stereocenters. The van der Waals surface area contributed by atoms with Gasteiger partial charge in [0.2, 0.25) is 0 Å². The summed E-state index contributed by atoms with van der Waals surface area (Å²) >= 11 is 0. The molecule has 0 bridgehead atoms. The molecule has 0 radical (unpaired) electrons. The number of aromatic nitrogens is 5. The van der Waals surface area contributed by atoms with Crippen molar-refractivity contribution in [2.24, 2.45) is 5.92 Å². The van der Waals surface area contributed by atoms with Crippen molar-refractivity contribution >= 4 is 11.5 Å². The molecule has 0 aliphatic carbocycles. The van der Waals surface area contributed by atoms with Crippen LogP contribution in [0, 0.1) is 12.8 Å². The highest BCUT2D eigenvalue weighted by Crippen LogP contribution is 2.33. The average Bonchev–Trinajstić information content (AvgIpc) is 3.09. The number of aryl methyl sites for hydroxylation is 1. The molecule has 1 saturated heterocycles. The van der Waals surface area contributed by atoms with Crippen LogP contribution in [0.4, 0.5) is 5.82 Å². The van der Waals surface area contributed by atoms with Crippen LogP contribution in [-0.2, 0) is 4.74 Å². The molecule has 2 aromatic heterocycles. The van der Waals surface area contributed by atoms with E-state index >= 15 is 0 Å². The van der Waals surface area contributed by atoms with Crippen LogP contribution in [0.15, 0.2) is 36.4 Å². The van der Waals surface area contributed by atoms with E-state index in [2.05, 4.69) is 57.1 Å². The van der Waals surface area contributed by atoms with E-state index in [4.69, 9.17) is 4.74 Å². The molecule has 0 spiro atoms. The molecule has 1 aliphatic rings. The molecular weight excluding hydrogens is 304 g/mol. The molecule has 3 heterocycles. The quantitative estimate of drug-likeness (QED) is 0.794. The molecule has 1 N–H and O–H groups in total. The zero-order valence-corrected chi connectivity index (χ0v) is 13.6. The molecular formula is C17H20N6O. The summed E-state index contributed by atoms with van der Waals surface area (Å²) in [5.41, 5.74) is 3.15. The number of hydrogen-bond donors (Lipinski definition) is 1. The van der Waals surface area contributed by atoms with Gasteiger partial charge in [-0.25, -0.2) is 0 Å². The van der Waals surface area contributed by atoms with Gasteiger partial charge in [-0.3, -0.25) is 0 Å². The second kappa shape index (κ2) is 6.52. The van der Waals surface area contributed by atoms with Crippen LogP contribution in [0.5, 0.6) is 0 Å². The third-order valence-electron chi connectivity index (χ3n) is 4.47. The van der Waals surface area contributed by atoms with Crippen LogP contribution in [0.1, 0.15) is 30.1 Å². The van der Waals surface area contributed by atoms with Gasteiger partial charge in [-0.1, -0.05) is 29.8 Å². The fourth-order valence-electron chi connectivity index (χ4n) is 3.16. The standard InChI is InChI=1S/C17H20N6O/c1-12-4-6-13(7-5-12)17-14(3-2-10-24-17)11-18-15-8-9-16-19-21-22-23(16)20-15/h4-9,14,17H,2-3,10-11H2,1H3,(H,18,20)/t14-,17-/m0/s1. The fraction of sp³-hybridized carbons (Fsp3) is 0.412. The van der Waals surface area contributed by atoms with E-state index in [-0.39, 0.29) is 6.10 Å². The summed E-state index contributed by atoms with van der Waals surface area (Å²) in [6, 6.07) is 12.4. The highest BCUT2D eigenvalue weighted by molar-refractivity contribution is 5.42. The number of tetrazole rings is 1. The fourth-order valence-corrected chi connectivity index (χ4v) is 3.16. The molecule has 24 heavy (non-hydrogen) atoms. The van der Waals surface area contributed by atoms with Gasteiger partial charge in [-0.2, -0.15) is 0 Å². The van der Waals surface area contributed by atoms with Gasteiger partial charge in [0.15, 0.2) is 5.65 Å². The lowest BCUT2D eigenvalue weighted by atomic mass is 9.89. The summed E-state index contributed by atoms with van der Waals surface area (Å²) < 4.78 is 7.49. The molecule has 124 valence electrons. The zero-order valence-electron chi connectivity index (χ0n) is 13.6. The number of hydrogen-bond acceptors (Lipinski definition) is 6. The largest absolute Gasteiger partial charge is 0.373 e. The van der Waals surface area contributed by atoms with E-state index in [1.54, 1.807) is 0 Å². The Labute approximate surface area is 140 Å². The topological polar surface area (TPSA) is 77.2 Å². The van der Waals surface area contributed by atoms with E-state index in [1.165, 1.54) is 15.8 Å². The summed E-state index contributed by atoms with van der Waals surface area (Å²) in [5, 5.41) is 19.0. The van der Waals surface area contributed by atoms with Crippen LogP contribution < -0.4 is 5.32 Å². The zero-order chi connectivity index (χ0) is 16.4. The van der Waals surface area contributed by atoms with Crippen molar-refractivity contribution in [2.45, 2.75) is 25.9 Å². The predicted octanol–water partition coefficient (Wildman–Crippen LogP) is 2.41. The normalized spacial score (nSPS) is 21.0. The van der Waals surface area contributed by atoms with Crippen LogP contribution in [0.3, 0.4) is 0 Å². The Hall–Kier alpha value is -2.54. The van der Waals surface area contributed by atoms with Crippen LogP contribution >= 0.6 is 0 Å². The summed E-state index contributed by atoms with van der Waals surface area (Å²) in [4.78, 5) is 0. The van der Waals surface area contributed by atoms with Crippen LogP contribution in [0.2, 0.25) is 0 Å². The summed E-state index contributed by atoms with van der Waals surface area (Å²) in [6.07, 6.45) is 2.36. The first-order valence-electron chi connectivity index (χ1n) is 8.27. The van der Waals surface area contributed by atoms with Crippen molar-refractivity contribution in [1.29, 1.82) is 0 Å². The molecule has 1 fully saturated rings. The molecule has 1 aromatic carbocycles. The average molecular weight is 324 g/mol. The Kier molecular flexibility index (Phi) is 4.08. The van der Waals surface area contributed by atoms with Crippen molar-refractivity contribution in [3.8, 4) is 0 Å². The molecule has 3 aromatic rings. The molecule has 4 rings (SSSR count). The van der Waals surface area contributed by atoms with Gasteiger partial charge in [-0.15, -0.1) is 14.8 Å². The molecule has 7 nitrogen and oxygen atoms in total. The van der Waals surface area contributed by atoms with Crippen molar-refractivity contribution in [3.63, 3.8) is 0 Å².